The Morgan fingerprint density at radius 2 is 2.47 bits per heavy atom. The van der Waals surface area contributed by atoms with Crippen molar-refractivity contribution in [3.05, 3.63) is 42.9 Å². The summed E-state index contributed by atoms with van der Waals surface area (Å²) in [5.41, 5.74) is 0. The molecule has 2 aromatic heterocycles. The first-order valence-corrected chi connectivity index (χ1v) is 7.09. The maximum Gasteiger partial charge on any atom is 0.105 e. The molecule has 1 saturated carbocycles. The Hall–Kier alpha value is -1.55. The second-order valence-corrected chi connectivity index (χ2v) is 5.47. The van der Waals surface area contributed by atoms with Crippen molar-refractivity contribution in [2.24, 2.45) is 0 Å². The summed E-state index contributed by atoms with van der Waals surface area (Å²) in [6.07, 6.45) is 12.3. The smallest absolute Gasteiger partial charge is 0.105 e. The highest BCUT2D eigenvalue weighted by atomic mass is 16.3. The van der Waals surface area contributed by atoms with E-state index < -0.39 is 0 Å². The molecule has 4 heteroatoms. The van der Waals surface area contributed by atoms with Gasteiger partial charge in [-0.3, -0.25) is 0 Å². The summed E-state index contributed by atoms with van der Waals surface area (Å²) < 4.78 is 7.65. The van der Waals surface area contributed by atoms with Gasteiger partial charge in [0.2, 0.25) is 0 Å². The van der Waals surface area contributed by atoms with Crippen molar-refractivity contribution in [3.63, 3.8) is 0 Å². The van der Waals surface area contributed by atoms with Gasteiger partial charge in [0.05, 0.1) is 12.6 Å². The van der Waals surface area contributed by atoms with Crippen LogP contribution in [0.3, 0.4) is 0 Å². The SMILES string of the molecule is CC(Cc1ccco1)NC1CCCC1n1ccnc1. The van der Waals surface area contributed by atoms with Crippen LogP contribution in [0, 0.1) is 0 Å². The third-order valence-electron chi connectivity index (χ3n) is 3.97. The Balaban J connectivity index is 1.59. The van der Waals surface area contributed by atoms with Crippen LogP contribution in [0.15, 0.2) is 41.5 Å². The summed E-state index contributed by atoms with van der Waals surface area (Å²) in [7, 11) is 0. The predicted octanol–water partition coefficient (Wildman–Crippen LogP) is 2.79. The zero-order valence-electron chi connectivity index (χ0n) is 11.3. The Morgan fingerprint density at radius 3 is 3.21 bits per heavy atom. The fourth-order valence-corrected chi connectivity index (χ4v) is 3.11. The van der Waals surface area contributed by atoms with Gasteiger partial charge in [-0.25, -0.2) is 4.98 Å². The summed E-state index contributed by atoms with van der Waals surface area (Å²) in [4.78, 5) is 4.16. The first kappa shape index (κ1) is 12.5. The number of hydrogen-bond donors (Lipinski definition) is 1. The highest BCUT2D eigenvalue weighted by Gasteiger charge is 2.29. The number of furan rings is 1. The number of nitrogens with one attached hydrogen (secondary N) is 1. The largest absolute Gasteiger partial charge is 0.469 e. The van der Waals surface area contributed by atoms with Gasteiger partial charge >= 0.3 is 0 Å². The molecule has 1 aliphatic carbocycles. The minimum atomic E-state index is 0.431. The van der Waals surface area contributed by atoms with Gasteiger partial charge in [-0.05, 0) is 38.3 Å². The fourth-order valence-electron chi connectivity index (χ4n) is 3.11. The molecule has 1 N–H and O–H groups in total. The monoisotopic (exact) mass is 259 g/mol. The Bertz CT molecular complexity index is 477. The van der Waals surface area contributed by atoms with Crippen LogP contribution in [0.5, 0.6) is 0 Å². The topological polar surface area (TPSA) is 43.0 Å². The molecular formula is C15H21N3O. The molecule has 19 heavy (non-hydrogen) atoms. The molecule has 3 atom stereocenters. The van der Waals surface area contributed by atoms with Crippen LogP contribution < -0.4 is 5.32 Å². The number of imidazole rings is 1. The summed E-state index contributed by atoms with van der Waals surface area (Å²) in [5.74, 6) is 1.05. The number of nitrogens with zero attached hydrogens (tertiary/aromatic N) is 2. The van der Waals surface area contributed by atoms with Crippen LogP contribution in [-0.4, -0.2) is 21.6 Å². The van der Waals surface area contributed by atoms with E-state index in [4.69, 9.17) is 4.42 Å². The Kier molecular flexibility index (Phi) is 3.69. The van der Waals surface area contributed by atoms with Crippen LogP contribution >= 0.6 is 0 Å². The number of aromatic nitrogens is 2. The summed E-state index contributed by atoms with van der Waals surface area (Å²) in [6.45, 7) is 2.23. The van der Waals surface area contributed by atoms with Crippen molar-refractivity contribution in [1.82, 2.24) is 14.9 Å². The highest BCUT2D eigenvalue weighted by Crippen LogP contribution is 2.30. The van der Waals surface area contributed by atoms with E-state index in [-0.39, 0.29) is 0 Å². The summed E-state index contributed by atoms with van der Waals surface area (Å²) >= 11 is 0. The van der Waals surface area contributed by atoms with Crippen molar-refractivity contribution >= 4 is 0 Å². The fraction of sp³-hybridized carbons (Fsp3) is 0.533. The number of rotatable bonds is 5. The van der Waals surface area contributed by atoms with Crippen LogP contribution in [0.2, 0.25) is 0 Å². The van der Waals surface area contributed by atoms with E-state index in [1.54, 1.807) is 6.26 Å². The lowest BCUT2D eigenvalue weighted by molar-refractivity contribution is 0.348. The van der Waals surface area contributed by atoms with Crippen LogP contribution in [0.4, 0.5) is 0 Å². The van der Waals surface area contributed by atoms with E-state index in [1.807, 2.05) is 24.7 Å². The maximum absolute atomic E-state index is 5.41. The van der Waals surface area contributed by atoms with E-state index >= 15 is 0 Å². The molecule has 2 aromatic rings. The lowest BCUT2D eigenvalue weighted by Gasteiger charge is -2.25. The molecule has 102 valence electrons. The van der Waals surface area contributed by atoms with Gasteiger partial charge in [-0.15, -0.1) is 0 Å². The lowest BCUT2D eigenvalue weighted by atomic mass is 10.1. The third-order valence-corrected chi connectivity index (χ3v) is 3.97. The molecule has 0 saturated heterocycles. The highest BCUT2D eigenvalue weighted by molar-refractivity contribution is 5.01. The number of hydrogen-bond acceptors (Lipinski definition) is 3. The minimum absolute atomic E-state index is 0.431. The Labute approximate surface area is 113 Å². The van der Waals surface area contributed by atoms with Crippen molar-refractivity contribution in [1.29, 1.82) is 0 Å². The molecule has 1 aliphatic rings. The third kappa shape index (κ3) is 2.89. The molecule has 0 spiro atoms. The molecule has 3 rings (SSSR count). The zero-order chi connectivity index (χ0) is 13.1. The summed E-state index contributed by atoms with van der Waals surface area (Å²) in [5, 5.41) is 3.75. The van der Waals surface area contributed by atoms with Gasteiger partial charge < -0.3 is 14.3 Å². The Morgan fingerprint density at radius 1 is 1.53 bits per heavy atom. The van der Waals surface area contributed by atoms with Crippen molar-refractivity contribution < 1.29 is 4.42 Å². The van der Waals surface area contributed by atoms with Gasteiger partial charge in [0.15, 0.2) is 0 Å². The first-order chi connectivity index (χ1) is 9.33. The van der Waals surface area contributed by atoms with Crippen molar-refractivity contribution in [2.75, 3.05) is 0 Å². The quantitative estimate of drug-likeness (QED) is 0.898. The molecule has 0 aliphatic heterocycles. The average molecular weight is 259 g/mol. The van der Waals surface area contributed by atoms with Gasteiger partial charge in [0.1, 0.15) is 5.76 Å². The molecule has 0 amide bonds. The van der Waals surface area contributed by atoms with Gasteiger partial charge in [0.25, 0.3) is 0 Å². The molecule has 1 fully saturated rings. The van der Waals surface area contributed by atoms with E-state index in [0.29, 0.717) is 18.1 Å². The van der Waals surface area contributed by atoms with E-state index in [1.165, 1.54) is 19.3 Å². The predicted molar refractivity (Wildman–Crippen MR) is 73.9 cm³/mol. The molecule has 3 unspecified atom stereocenters. The van der Waals surface area contributed by atoms with Gasteiger partial charge in [-0.1, -0.05) is 0 Å². The van der Waals surface area contributed by atoms with E-state index in [2.05, 4.69) is 28.0 Å². The second kappa shape index (κ2) is 5.61. The van der Waals surface area contributed by atoms with Crippen LogP contribution in [-0.2, 0) is 6.42 Å². The van der Waals surface area contributed by atoms with Crippen molar-refractivity contribution in [3.8, 4) is 0 Å². The first-order valence-electron chi connectivity index (χ1n) is 7.09. The molecule has 0 aromatic carbocycles. The molecule has 0 bridgehead atoms. The average Bonchev–Trinajstić information content (AvgIpc) is 3.09. The lowest BCUT2D eigenvalue weighted by Crippen LogP contribution is -2.40. The molecular weight excluding hydrogens is 238 g/mol. The van der Waals surface area contributed by atoms with Crippen molar-refractivity contribution in [2.45, 2.75) is 50.7 Å². The normalized spacial score (nSPS) is 24.7. The molecule has 4 nitrogen and oxygen atoms in total. The van der Waals surface area contributed by atoms with Gasteiger partial charge in [-0.2, -0.15) is 0 Å². The van der Waals surface area contributed by atoms with Crippen LogP contribution in [0.25, 0.3) is 0 Å². The van der Waals surface area contributed by atoms with Crippen LogP contribution in [0.1, 0.15) is 38.0 Å². The molecule has 2 heterocycles. The van der Waals surface area contributed by atoms with Gasteiger partial charge in [0, 0.05) is 36.9 Å². The zero-order valence-corrected chi connectivity index (χ0v) is 11.3. The second-order valence-electron chi connectivity index (χ2n) is 5.47. The molecule has 0 radical (unpaired) electrons. The standard InChI is InChI=1S/C15H21N3O/c1-12(10-13-4-3-9-19-13)17-14-5-2-6-15(14)18-8-7-16-11-18/h3-4,7-9,11-12,14-15,17H,2,5-6,10H2,1H3. The van der Waals surface area contributed by atoms with E-state index in [0.717, 1.165) is 12.2 Å². The summed E-state index contributed by atoms with van der Waals surface area (Å²) in [6, 6.07) is 5.51. The minimum Gasteiger partial charge on any atom is -0.469 e. The maximum atomic E-state index is 5.41. The van der Waals surface area contributed by atoms with E-state index in [9.17, 15) is 0 Å².